The first-order valence-electron chi connectivity index (χ1n) is 9.25. The van der Waals surface area contributed by atoms with E-state index in [2.05, 4.69) is 27.8 Å². The molecule has 3 atom stereocenters. The Morgan fingerprint density at radius 3 is 2.93 bits per heavy atom. The highest BCUT2D eigenvalue weighted by molar-refractivity contribution is 5.88. The molecule has 1 unspecified atom stereocenters. The first-order valence-corrected chi connectivity index (χ1v) is 9.25. The Labute approximate surface area is 156 Å². The summed E-state index contributed by atoms with van der Waals surface area (Å²) < 4.78 is 0. The number of hydrogen-bond donors (Lipinski definition) is 2. The van der Waals surface area contributed by atoms with Crippen LogP contribution in [0.2, 0.25) is 0 Å². The number of aromatic nitrogens is 3. The lowest BCUT2D eigenvalue weighted by Gasteiger charge is -2.22. The van der Waals surface area contributed by atoms with Gasteiger partial charge in [-0.05, 0) is 49.6 Å². The van der Waals surface area contributed by atoms with E-state index in [4.69, 9.17) is 0 Å². The van der Waals surface area contributed by atoms with Crippen LogP contribution in [0, 0.1) is 0 Å². The van der Waals surface area contributed by atoms with Crippen molar-refractivity contribution in [2.24, 2.45) is 0 Å². The van der Waals surface area contributed by atoms with Crippen molar-refractivity contribution in [2.45, 2.75) is 37.3 Å². The second-order valence-corrected chi connectivity index (χ2v) is 7.37. The molecule has 27 heavy (non-hydrogen) atoms. The third kappa shape index (κ3) is 2.44. The molecule has 2 N–H and O–H groups in total. The monoisotopic (exact) mass is 360 g/mol. The number of amides is 1. The average Bonchev–Trinajstić information content (AvgIpc) is 3.39. The molecule has 2 aliphatic heterocycles. The first-order chi connectivity index (χ1) is 13.2. The predicted molar refractivity (Wildman–Crippen MR) is 102 cm³/mol. The van der Waals surface area contributed by atoms with Crippen LogP contribution < -0.4 is 0 Å². The number of phenols is 1. The molecule has 2 bridgehead atoms. The summed E-state index contributed by atoms with van der Waals surface area (Å²) in [6.45, 7) is 3.64. The van der Waals surface area contributed by atoms with E-state index in [1.54, 1.807) is 12.1 Å². The van der Waals surface area contributed by atoms with E-state index < -0.39 is 0 Å². The lowest BCUT2D eigenvalue weighted by Crippen LogP contribution is -2.34. The van der Waals surface area contributed by atoms with Crippen molar-refractivity contribution < 1.29 is 9.90 Å². The second kappa shape index (κ2) is 5.94. The maximum Gasteiger partial charge on any atom is 0.246 e. The fourth-order valence-corrected chi connectivity index (χ4v) is 4.75. The highest BCUT2D eigenvalue weighted by Gasteiger charge is 2.48. The number of rotatable bonds is 3. The molecule has 1 aromatic carbocycles. The van der Waals surface area contributed by atoms with Crippen molar-refractivity contribution in [1.82, 2.24) is 20.1 Å². The second-order valence-electron chi connectivity index (χ2n) is 7.37. The van der Waals surface area contributed by atoms with E-state index >= 15 is 0 Å². The van der Waals surface area contributed by atoms with Crippen molar-refractivity contribution in [3.05, 3.63) is 54.7 Å². The Hall–Kier alpha value is -3.15. The van der Waals surface area contributed by atoms with Crippen LogP contribution in [0.3, 0.4) is 0 Å². The van der Waals surface area contributed by atoms with Crippen LogP contribution in [0.4, 0.5) is 0 Å². The number of para-hydroxylation sites is 1. The number of carbonyl (C=O) groups excluding carboxylic acids is 1. The summed E-state index contributed by atoms with van der Waals surface area (Å²) in [5.41, 5.74) is 3.14. The van der Waals surface area contributed by atoms with E-state index in [-0.39, 0.29) is 23.6 Å². The van der Waals surface area contributed by atoms with Gasteiger partial charge in [0.2, 0.25) is 5.91 Å². The standard InChI is InChI=1S/C21H20N4O2/c1-2-20(27)25-13-7-8-18(25)15(11-13)16-9-12-10-17(23-24-21(12)22-16)14-5-3-4-6-19(14)26/h2-6,9-10,13,15,18,26H,1,7-8,11H2,(H,22,24)/t13-,15?,18+/m1/s1. The zero-order valence-electron chi connectivity index (χ0n) is 14.8. The molecule has 6 nitrogen and oxygen atoms in total. The van der Waals surface area contributed by atoms with Crippen LogP contribution in [-0.2, 0) is 4.79 Å². The number of aromatic hydroxyl groups is 1. The highest BCUT2D eigenvalue weighted by atomic mass is 16.3. The van der Waals surface area contributed by atoms with Crippen molar-refractivity contribution in [3.63, 3.8) is 0 Å². The van der Waals surface area contributed by atoms with Gasteiger partial charge < -0.3 is 15.0 Å². The fourth-order valence-electron chi connectivity index (χ4n) is 4.75. The van der Waals surface area contributed by atoms with Crippen molar-refractivity contribution in [2.75, 3.05) is 0 Å². The van der Waals surface area contributed by atoms with Gasteiger partial charge in [0.15, 0.2) is 5.65 Å². The number of nitrogens with one attached hydrogen (secondary N) is 1. The van der Waals surface area contributed by atoms with Crippen molar-refractivity contribution >= 4 is 16.9 Å². The number of fused-ring (bicyclic) bond motifs is 3. The number of H-pyrrole nitrogens is 1. The molecule has 2 fully saturated rings. The van der Waals surface area contributed by atoms with Gasteiger partial charge in [0.05, 0.1) is 5.69 Å². The van der Waals surface area contributed by atoms with E-state index in [1.165, 1.54) is 6.08 Å². The Kier molecular flexibility index (Phi) is 3.53. The van der Waals surface area contributed by atoms with Gasteiger partial charge in [-0.15, -0.1) is 10.2 Å². The van der Waals surface area contributed by atoms with Crippen LogP contribution in [0.1, 0.15) is 30.9 Å². The number of nitrogens with zero attached hydrogens (tertiary/aromatic N) is 3. The molecule has 4 heterocycles. The van der Waals surface area contributed by atoms with Crippen LogP contribution in [-0.4, -0.2) is 43.2 Å². The average molecular weight is 360 g/mol. The highest BCUT2D eigenvalue weighted by Crippen LogP contribution is 2.47. The lowest BCUT2D eigenvalue weighted by molar-refractivity contribution is -0.127. The summed E-state index contributed by atoms with van der Waals surface area (Å²) in [6.07, 6.45) is 4.48. The number of phenolic OH excluding ortho intramolecular Hbond substituents is 1. The first kappa shape index (κ1) is 16.1. The third-order valence-corrected chi connectivity index (χ3v) is 5.94. The molecule has 0 aliphatic carbocycles. The molecule has 2 saturated heterocycles. The van der Waals surface area contributed by atoms with E-state index in [0.29, 0.717) is 17.3 Å². The molecule has 0 radical (unpaired) electrons. The molecule has 0 spiro atoms. The van der Waals surface area contributed by atoms with Gasteiger partial charge in [-0.3, -0.25) is 4.79 Å². The Morgan fingerprint density at radius 1 is 1.26 bits per heavy atom. The Morgan fingerprint density at radius 2 is 2.11 bits per heavy atom. The lowest BCUT2D eigenvalue weighted by atomic mass is 9.87. The van der Waals surface area contributed by atoms with E-state index in [9.17, 15) is 9.90 Å². The van der Waals surface area contributed by atoms with Crippen molar-refractivity contribution in [3.8, 4) is 17.0 Å². The summed E-state index contributed by atoms with van der Waals surface area (Å²) in [5.74, 6) is 0.506. The zero-order chi connectivity index (χ0) is 18.5. The fraction of sp³-hybridized carbons (Fsp3) is 0.286. The minimum absolute atomic E-state index is 0.0303. The van der Waals surface area contributed by atoms with Gasteiger partial charge in [-0.1, -0.05) is 18.7 Å². The number of carbonyl (C=O) groups is 1. The smallest absolute Gasteiger partial charge is 0.246 e. The molecule has 2 aromatic heterocycles. The molecule has 136 valence electrons. The van der Waals surface area contributed by atoms with Gasteiger partial charge in [-0.25, -0.2) is 0 Å². The predicted octanol–water partition coefficient (Wildman–Crippen LogP) is 3.36. The molecule has 1 amide bonds. The van der Waals surface area contributed by atoms with Gasteiger partial charge in [0, 0.05) is 34.6 Å². The van der Waals surface area contributed by atoms with Crippen LogP contribution in [0.5, 0.6) is 5.75 Å². The van der Waals surface area contributed by atoms with E-state index in [0.717, 1.165) is 36.0 Å². The van der Waals surface area contributed by atoms with Gasteiger partial charge >= 0.3 is 0 Å². The van der Waals surface area contributed by atoms with Gasteiger partial charge in [-0.2, -0.15) is 0 Å². The quantitative estimate of drug-likeness (QED) is 0.702. The zero-order valence-corrected chi connectivity index (χ0v) is 14.8. The minimum atomic E-state index is 0.0303. The van der Waals surface area contributed by atoms with Gasteiger partial charge in [0.1, 0.15) is 5.75 Å². The number of aromatic amines is 1. The SMILES string of the molecule is C=CC(=O)N1[C@@H]2CC[C@H]1C(c1cc3cc(-c4ccccc4O)nnc3[nH]1)C2. The van der Waals surface area contributed by atoms with Gasteiger partial charge in [0.25, 0.3) is 0 Å². The summed E-state index contributed by atoms with van der Waals surface area (Å²) in [6, 6.07) is 11.7. The van der Waals surface area contributed by atoms with Crippen molar-refractivity contribution in [1.29, 1.82) is 0 Å². The number of benzene rings is 1. The van der Waals surface area contributed by atoms with Crippen LogP contribution >= 0.6 is 0 Å². The van der Waals surface area contributed by atoms with Crippen LogP contribution in [0.25, 0.3) is 22.3 Å². The normalized spacial score (nSPS) is 23.9. The summed E-state index contributed by atoms with van der Waals surface area (Å²) >= 11 is 0. The molecular formula is C21H20N4O2. The Bertz CT molecular complexity index is 1060. The molecule has 0 saturated carbocycles. The largest absolute Gasteiger partial charge is 0.507 e. The topological polar surface area (TPSA) is 82.1 Å². The van der Waals surface area contributed by atoms with E-state index in [1.807, 2.05) is 23.1 Å². The molecule has 2 aliphatic rings. The maximum atomic E-state index is 12.2. The van der Waals surface area contributed by atoms with Crippen LogP contribution in [0.15, 0.2) is 49.1 Å². The maximum absolute atomic E-state index is 12.2. The molecule has 6 heteroatoms. The Balaban J connectivity index is 1.50. The summed E-state index contributed by atoms with van der Waals surface area (Å²) in [7, 11) is 0. The third-order valence-electron chi connectivity index (χ3n) is 5.94. The molecule has 3 aromatic rings. The molecular weight excluding hydrogens is 340 g/mol. The minimum Gasteiger partial charge on any atom is -0.507 e. The summed E-state index contributed by atoms with van der Waals surface area (Å²) in [4.78, 5) is 17.6. The molecule has 5 rings (SSSR count). The summed E-state index contributed by atoms with van der Waals surface area (Å²) in [5, 5.41) is 19.6. The number of hydrogen-bond acceptors (Lipinski definition) is 4.